The maximum atomic E-state index is 12.4. The van der Waals surface area contributed by atoms with Crippen molar-refractivity contribution in [3.8, 4) is 0 Å². The van der Waals surface area contributed by atoms with Crippen LogP contribution in [0.15, 0.2) is 18.5 Å². The molecule has 116 valence electrons. The number of carbonyl (C=O) groups is 1. The summed E-state index contributed by atoms with van der Waals surface area (Å²) >= 11 is 0. The molecule has 2 rings (SSSR count). The highest BCUT2D eigenvalue weighted by atomic mass is 19.3. The number of carbonyl (C=O) groups excluding carboxylic acids is 1. The lowest BCUT2D eigenvalue weighted by molar-refractivity contribution is 0.0826. The van der Waals surface area contributed by atoms with Crippen molar-refractivity contribution >= 4 is 11.7 Å². The van der Waals surface area contributed by atoms with Gasteiger partial charge in [0.05, 0.1) is 6.54 Å². The van der Waals surface area contributed by atoms with E-state index in [2.05, 4.69) is 15.6 Å². The average molecular weight is 298 g/mol. The second-order valence-electron chi connectivity index (χ2n) is 5.21. The molecule has 0 aliphatic carbocycles. The molecule has 0 aromatic carbocycles. The predicted molar refractivity (Wildman–Crippen MR) is 76.6 cm³/mol. The van der Waals surface area contributed by atoms with Gasteiger partial charge in [-0.25, -0.2) is 13.6 Å². The first-order valence-electron chi connectivity index (χ1n) is 7.04. The molecule has 1 saturated heterocycles. The molecule has 1 fully saturated rings. The number of urea groups is 1. The van der Waals surface area contributed by atoms with E-state index >= 15 is 0 Å². The normalized spacial score (nSPS) is 19.0. The number of alkyl halides is 2. The van der Waals surface area contributed by atoms with E-state index in [4.69, 9.17) is 0 Å². The van der Waals surface area contributed by atoms with Crippen LogP contribution in [0.3, 0.4) is 0 Å². The van der Waals surface area contributed by atoms with Crippen LogP contribution >= 0.6 is 0 Å². The van der Waals surface area contributed by atoms with Crippen LogP contribution in [0, 0.1) is 6.92 Å². The number of amides is 2. The zero-order valence-electron chi connectivity index (χ0n) is 12.0. The van der Waals surface area contributed by atoms with Crippen molar-refractivity contribution in [3.05, 3.63) is 24.0 Å². The molecule has 5 nitrogen and oxygen atoms in total. The number of hydrogen-bond donors (Lipinski definition) is 2. The van der Waals surface area contributed by atoms with Gasteiger partial charge in [0.2, 0.25) is 0 Å². The van der Waals surface area contributed by atoms with Crippen LogP contribution in [0.5, 0.6) is 0 Å². The lowest BCUT2D eigenvalue weighted by atomic mass is 10.2. The van der Waals surface area contributed by atoms with Gasteiger partial charge < -0.3 is 10.6 Å². The summed E-state index contributed by atoms with van der Waals surface area (Å²) in [6, 6.07) is 1.38. The highest BCUT2D eigenvalue weighted by Gasteiger charge is 2.26. The van der Waals surface area contributed by atoms with E-state index < -0.39 is 6.43 Å². The third kappa shape index (κ3) is 4.63. The number of nitrogens with one attached hydrogen (secondary N) is 2. The van der Waals surface area contributed by atoms with Crippen molar-refractivity contribution in [3.63, 3.8) is 0 Å². The first-order chi connectivity index (χ1) is 10.1. The number of likely N-dealkylation sites (tertiary alicyclic amines) is 1. The van der Waals surface area contributed by atoms with Crippen LogP contribution in [0.4, 0.5) is 19.3 Å². The highest BCUT2D eigenvalue weighted by Crippen LogP contribution is 2.18. The van der Waals surface area contributed by atoms with E-state index in [9.17, 15) is 13.6 Å². The topological polar surface area (TPSA) is 57.3 Å². The molecular weight excluding hydrogens is 278 g/mol. The molecule has 0 saturated carbocycles. The number of anilines is 1. The van der Waals surface area contributed by atoms with Crippen LogP contribution in [-0.2, 0) is 0 Å². The van der Waals surface area contributed by atoms with Gasteiger partial charge in [0.25, 0.3) is 6.43 Å². The fourth-order valence-corrected chi connectivity index (χ4v) is 2.53. The smallest absolute Gasteiger partial charge is 0.319 e. The number of aromatic nitrogens is 1. The average Bonchev–Trinajstić information content (AvgIpc) is 2.85. The van der Waals surface area contributed by atoms with Gasteiger partial charge in [-0.05, 0) is 37.9 Å². The molecule has 0 radical (unpaired) electrons. The zero-order chi connectivity index (χ0) is 15.2. The number of hydrogen-bond acceptors (Lipinski definition) is 3. The Morgan fingerprint density at radius 3 is 3.10 bits per heavy atom. The van der Waals surface area contributed by atoms with E-state index in [1.165, 1.54) is 0 Å². The third-order valence-corrected chi connectivity index (χ3v) is 3.64. The standard InChI is InChI=1S/C14H20F2N4O/c1-10-7-17-5-4-12(10)19-14(21)18-8-11-3-2-6-20(11)9-13(15)16/h4-5,7,11,13H,2-3,6,8-9H2,1H3,(H2,17,18,19,21). The van der Waals surface area contributed by atoms with Crippen molar-refractivity contribution in [1.82, 2.24) is 15.2 Å². The molecule has 0 spiro atoms. The molecule has 21 heavy (non-hydrogen) atoms. The van der Waals surface area contributed by atoms with Crippen LogP contribution in [0.2, 0.25) is 0 Å². The lowest BCUT2D eigenvalue weighted by Gasteiger charge is -2.24. The molecule has 7 heteroatoms. The van der Waals surface area contributed by atoms with Crippen LogP contribution in [0.1, 0.15) is 18.4 Å². The molecule has 1 aliphatic rings. The quantitative estimate of drug-likeness (QED) is 0.876. The molecule has 2 amide bonds. The van der Waals surface area contributed by atoms with Crippen molar-refractivity contribution in [1.29, 1.82) is 0 Å². The summed E-state index contributed by atoms with van der Waals surface area (Å²) in [7, 11) is 0. The Morgan fingerprint density at radius 2 is 2.38 bits per heavy atom. The lowest BCUT2D eigenvalue weighted by Crippen LogP contribution is -2.43. The third-order valence-electron chi connectivity index (χ3n) is 3.64. The predicted octanol–water partition coefficient (Wildman–Crippen LogP) is 2.24. The Bertz CT molecular complexity index is 484. The SMILES string of the molecule is Cc1cnccc1NC(=O)NCC1CCCN1CC(F)F. The number of rotatable bonds is 5. The largest absolute Gasteiger partial charge is 0.336 e. The second kappa shape index (κ2) is 7.31. The summed E-state index contributed by atoms with van der Waals surface area (Å²) in [5.74, 6) is 0. The van der Waals surface area contributed by atoms with Gasteiger partial charge in [-0.15, -0.1) is 0 Å². The Kier molecular flexibility index (Phi) is 5.44. The molecule has 2 N–H and O–H groups in total. The van der Waals surface area contributed by atoms with Gasteiger partial charge in [0, 0.05) is 30.7 Å². The maximum Gasteiger partial charge on any atom is 0.319 e. The first kappa shape index (κ1) is 15.6. The summed E-state index contributed by atoms with van der Waals surface area (Å²) in [5.41, 5.74) is 1.56. The number of aryl methyl sites for hydroxylation is 1. The number of halogens is 2. The van der Waals surface area contributed by atoms with Crippen molar-refractivity contribution < 1.29 is 13.6 Å². The molecule has 1 atom stereocenters. The molecular formula is C14H20F2N4O. The minimum Gasteiger partial charge on any atom is -0.336 e. The molecule has 2 heterocycles. The zero-order valence-corrected chi connectivity index (χ0v) is 12.0. The number of nitrogens with zero attached hydrogens (tertiary/aromatic N) is 2. The molecule has 1 aliphatic heterocycles. The van der Waals surface area contributed by atoms with Gasteiger partial charge in [-0.2, -0.15) is 0 Å². The van der Waals surface area contributed by atoms with Gasteiger partial charge in [-0.1, -0.05) is 0 Å². The molecule has 0 bridgehead atoms. The minimum absolute atomic E-state index is 0.0108. The second-order valence-corrected chi connectivity index (χ2v) is 5.21. The highest BCUT2D eigenvalue weighted by molar-refractivity contribution is 5.89. The summed E-state index contributed by atoms with van der Waals surface area (Å²) in [5, 5.41) is 5.48. The molecule has 1 unspecified atom stereocenters. The Morgan fingerprint density at radius 1 is 1.57 bits per heavy atom. The molecule has 1 aromatic heterocycles. The van der Waals surface area contributed by atoms with E-state index in [0.717, 1.165) is 18.4 Å². The van der Waals surface area contributed by atoms with Gasteiger partial charge in [0.1, 0.15) is 0 Å². The summed E-state index contributed by atoms with van der Waals surface area (Å²) < 4.78 is 24.9. The fraction of sp³-hybridized carbons (Fsp3) is 0.571. The minimum atomic E-state index is -2.33. The van der Waals surface area contributed by atoms with E-state index in [1.807, 2.05) is 6.92 Å². The van der Waals surface area contributed by atoms with Gasteiger partial charge >= 0.3 is 6.03 Å². The van der Waals surface area contributed by atoms with Crippen molar-refractivity contribution in [2.45, 2.75) is 32.2 Å². The number of pyridine rings is 1. The monoisotopic (exact) mass is 298 g/mol. The summed E-state index contributed by atoms with van der Waals surface area (Å²) in [4.78, 5) is 17.5. The van der Waals surface area contributed by atoms with E-state index in [1.54, 1.807) is 23.4 Å². The van der Waals surface area contributed by atoms with Gasteiger partial charge in [0.15, 0.2) is 0 Å². The van der Waals surface area contributed by atoms with Crippen LogP contribution in [-0.4, -0.2) is 48.0 Å². The van der Waals surface area contributed by atoms with Crippen molar-refractivity contribution in [2.24, 2.45) is 0 Å². The summed E-state index contributed by atoms with van der Waals surface area (Å²) in [6.45, 7) is 2.67. The van der Waals surface area contributed by atoms with Crippen LogP contribution in [0.25, 0.3) is 0 Å². The van der Waals surface area contributed by atoms with Crippen LogP contribution < -0.4 is 10.6 Å². The van der Waals surface area contributed by atoms with E-state index in [0.29, 0.717) is 18.8 Å². The molecule has 1 aromatic rings. The Balaban J connectivity index is 1.80. The van der Waals surface area contributed by atoms with E-state index in [-0.39, 0.29) is 18.6 Å². The first-order valence-corrected chi connectivity index (χ1v) is 7.04. The Labute approximate surface area is 122 Å². The van der Waals surface area contributed by atoms with Crippen molar-refractivity contribution in [2.75, 3.05) is 25.0 Å². The summed E-state index contributed by atoms with van der Waals surface area (Å²) in [6.07, 6.45) is 2.66. The Hall–Kier alpha value is -1.76. The van der Waals surface area contributed by atoms with Gasteiger partial charge in [-0.3, -0.25) is 9.88 Å². The fourth-order valence-electron chi connectivity index (χ4n) is 2.53. The maximum absolute atomic E-state index is 12.4.